The fourth-order valence-electron chi connectivity index (χ4n) is 5.08. The third-order valence-corrected chi connectivity index (χ3v) is 7.86. The molecule has 1 heterocycles. The molecule has 0 saturated carbocycles. The number of carbonyl (C=O) groups is 4. The lowest BCUT2D eigenvalue weighted by Gasteiger charge is -2.23. The van der Waals surface area contributed by atoms with Gasteiger partial charge in [0.25, 0.3) is 5.91 Å². The summed E-state index contributed by atoms with van der Waals surface area (Å²) in [6.45, 7) is 11.8. The predicted octanol–water partition coefficient (Wildman–Crippen LogP) is 6.56. The van der Waals surface area contributed by atoms with E-state index in [9.17, 15) is 19.2 Å². The summed E-state index contributed by atoms with van der Waals surface area (Å²) in [6, 6.07) is 21.2. The smallest absolute Gasteiger partial charge is 0.408 e. The molecule has 1 atom stereocenters. The summed E-state index contributed by atoms with van der Waals surface area (Å²) in [5, 5.41) is 15.1. The van der Waals surface area contributed by atoms with E-state index in [1.165, 1.54) is 0 Å². The minimum absolute atomic E-state index is 0.0115. The molecule has 11 nitrogen and oxygen atoms in total. The normalized spacial score (nSPS) is 12.0. The van der Waals surface area contributed by atoms with Crippen LogP contribution >= 0.6 is 12.2 Å². The topological polar surface area (TPSA) is 153 Å². The van der Waals surface area contributed by atoms with E-state index in [-0.39, 0.29) is 47.6 Å². The van der Waals surface area contributed by atoms with Gasteiger partial charge in [-0.3, -0.25) is 19.7 Å². The Labute approximate surface area is 298 Å². The van der Waals surface area contributed by atoms with Crippen molar-refractivity contribution in [1.82, 2.24) is 20.9 Å². The molecule has 1 aromatic heterocycles. The van der Waals surface area contributed by atoms with Gasteiger partial charge in [-0.1, -0.05) is 51.1 Å². The molecule has 0 spiro atoms. The highest BCUT2D eigenvalue weighted by Crippen LogP contribution is 2.23. The van der Waals surface area contributed by atoms with Gasteiger partial charge in [0.15, 0.2) is 5.11 Å². The van der Waals surface area contributed by atoms with Crippen LogP contribution in [-0.4, -0.2) is 52.1 Å². The number of rotatable bonds is 11. The summed E-state index contributed by atoms with van der Waals surface area (Å²) < 4.78 is 5.39. The number of anilines is 2. The van der Waals surface area contributed by atoms with Gasteiger partial charge in [-0.25, -0.2) is 4.79 Å². The third kappa shape index (κ3) is 11.4. The van der Waals surface area contributed by atoms with Crippen molar-refractivity contribution in [2.45, 2.75) is 77.9 Å². The Morgan fingerprint density at radius 1 is 0.840 bits per heavy atom. The Morgan fingerprint density at radius 3 is 2.12 bits per heavy atom. The van der Waals surface area contributed by atoms with Crippen LogP contribution < -0.4 is 26.6 Å². The molecule has 264 valence electrons. The zero-order valence-electron chi connectivity index (χ0n) is 29.4. The Hall–Kier alpha value is -5.23. The van der Waals surface area contributed by atoms with Crippen molar-refractivity contribution >= 4 is 63.4 Å². The number of benzene rings is 3. The molecule has 0 radical (unpaired) electrons. The SMILES string of the molecule is CC(C)(C)OC(=O)N[C@@H](Cc1c[nH]c2ccccc12)C(=O)NCCCC(=O)Nc1ccc(NC(=S)NC(=O)c2ccc(C(C)(C)C)cc2)cc1. The van der Waals surface area contributed by atoms with Crippen molar-refractivity contribution in [2.75, 3.05) is 17.2 Å². The van der Waals surface area contributed by atoms with Crippen molar-refractivity contribution in [1.29, 1.82) is 0 Å². The number of thiocarbonyl (C=S) groups is 1. The van der Waals surface area contributed by atoms with Crippen LogP contribution in [0.15, 0.2) is 79.0 Å². The quantitative estimate of drug-likeness (QED) is 0.0766. The lowest BCUT2D eigenvalue weighted by Crippen LogP contribution is -2.49. The lowest BCUT2D eigenvalue weighted by molar-refractivity contribution is -0.123. The van der Waals surface area contributed by atoms with Crippen LogP contribution in [0.25, 0.3) is 10.9 Å². The number of amides is 4. The summed E-state index contributed by atoms with van der Waals surface area (Å²) in [4.78, 5) is 54.2. The summed E-state index contributed by atoms with van der Waals surface area (Å²) >= 11 is 5.31. The minimum Gasteiger partial charge on any atom is -0.444 e. The van der Waals surface area contributed by atoms with Crippen molar-refractivity contribution in [3.05, 3.63) is 95.7 Å². The maximum atomic E-state index is 13.2. The number of fused-ring (bicyclic) bond motifs is 1. The van der Waals surface area contributed by atoms with Crippen molar-refractivity contribution in [3.8, 4) is 0 Å². The van der Waals surface area contributed by atoms with E-state index in [0.717, 1.165) is 22.0 Å². The molecule has 0 aliphatic rings. The second kappa shape index (κ2) is 16.4. The molecular formula is C38H46N6O5S. The van der Waals surface area contributed by atoms with Gasteiger partial charge in [-0.05, 0) is 98.4 Å². The zero-order chi connectivity index (χ0) is 36.5. The average Bonchev–Trinajstić information content (AvgIpc) is 3.45. The summed E-state index contributed by atoms with van der Waals surface area (Å²) in [5.74, 6) is -0.910. The van der Waals surface area contributed by atoms with Crippen molar-refractivity contribution < 1.29 is 23.9 Å². The molecule has 3 aromatic carbocycles. The fraction of sp³-hybridized carbons (Fsp3) is 0.342. The number of aromatic amines is 1. The van der Waals surface area contributed by atoms with Gasteiger partial charge in [-0.2, -0.15) is 0 Å². The molecule has 0 saturated heterocycles. The monoisotopic (exact) mass is 698 g/mol. The third-order valence-electron chi connectivity index (χ3n) is 7.65. The number of hydrogen-bond donors (Lipinski definition) is 6. The van der Waals surface area contributed by atoms with E-state index in [1.54, 1.807) is 57.2 Å². The molecule has 12 heteroatoms. The number of alkyl carbamates (subject to hydrolysis) is 1. The lowest BCUT2D eigenvalue weighted by atomic mass is 9.87. The van der Waals surface area contributed by atoms with E-state index >= 15 is 0 Å². The number of nitrogens with one attached hydrogen (secondary N) is 6. The molecular weight excluding hydrogens is 653 g/mol. The van der Waals surface area contributed by atoms with Crippen LogP contribution in [0.4, 0.5) is 16.2 Å². The van der Waals surface area contributed by atoms with Crippen molar-refractivity contribution in [3.63, 3.8) is 0 Å². The van der Waals surface area contributed by atoms with E-state index < -0.39 is 17.7 Å². The van der Waals surface area contributed by atoms with Gasteiger partial charge in [0.1, 0.15) is 11.6 Å². The molecule has 4 rings (SSSR count). The van der Waals surface area contributed by atoms with Crippen LogP contribution in [-0.2, 0) is 26.2 Å². The van der Waals surface area contributed by atoms with Gasteiger partial charge in [0.05, 0.1) is 0 Å². The van der Waals surface area contributed by atoms with Crippen LogP contribution in [0.5, 0.6) is 0 Å². The molecule has 4 amide bonds. The summed E-state index contributed by atoms with van der Waals surface area (Å²) in [6.07, 6.45) is 1.94. The highest BCUT2D eigenvalue weighted by molar-refractivity contribution is 7.80. The van der Waals surface area contributed by atoms with Gasteiger partial charge in [-0.15, -0.1) is 0 Å². The first-order valence-electron chi connectivity index (χ1n) is 16.5. The van der Waals surface area contributed by atoms with Crippen LogP contribution in [0.2, 0.25) is 0 Å². The summed E-state index contributed by atoms with van der Waals surface area (Å²) in [5.41, 5.74) is 3.93. The van der Waals surface area contributed by atoms with Gasteiger partial charge in [0.2, 0.25) is 11.8 Å². The Kier molecular flexibility index (Phi) is 12.4. The number of hydrogen-bond acceptors (Lipinski definition) is 6. The first kappa shape index (κ1) is 37.6. The predicted molar refractivity (Wildman–Crippen MR) is 201 cm³/mol. The van der Waals surface area contributed by atoms with Crippen LogP contribution in [0.3, 0.4) is 0 Å². The second-order valence-electron chi connectivity index (χ2n) is 14.0. The van der Waals surface area contributed by atoms with Gasteiger partial charge >= 0.3 is 6.09 Å². The maximum absolute atomic E-state index is 13.2. The summed E-state index contributed by atoms with van der Waals surface area (Å²) in [7, 11) is 0. The molecule has 0 aliphatic carbocycles. The molecule has 50 heavy (non-hydrogen) atoms. The number of aromatic nitrogens is 1. The standard InChI is InChI=1S/C38H46N6O5S/c1-37(2,3)26-15-13-24(14-16-26)33(46)44-35(50)42-28-19-17-27(18-20-28)41-32(45)12-9-21-39-34(47)31(43-36(48)49-38(4,5)6)22-25-23-40-30-11-8-7-10-29(25)30/h7-8,10-11,13-20,23,31,40H,9,12,21-22H2,1-6H3,(H,39,47)(H,41,45)(H,43,48)(H2,42,44,46,50)/t31-/m0/s1. The minimum atomic E-state index is -0.883. The van der Waals surface area contributed by atoms with Crippen molar-refractivity contribution in [2.24, 2.45) is 0 Å². The highest BCUT2D eigenvalue weighted by Gasteiger charge is 2.25. The number of para-hydroxylation sites is 1. The Bertz CT molecular complexity index is 1820. The number of H-pyrrole nitrogens is 1. The van der Waals surface area contributed by atoms with E-state index in [1.807, 2.05) is 42.6 Å². The molecule has 0 unspecified atom stereocenters. The molecule has 6 N–H and O–H groups in total. The van der Waals surface area contributed by atoms with E-state index in [4.69, 9.17) is 17.0 Å². The van der Waals surface area contributed by atoms with Crippen LogP contribution in [0, 0.1) is 0 Å². The van der Waals surface area contributed by atoms with Gasteiger partial charge < -0.3 is 31.0 Å². The largest absolute Gasteiger partial charge is 0.444 e. The molecule has 0 bridgehead atoms. The number of ether oxygens (including phenoxy) is 1. The molecule has 0 aliphatic heterocycles. The molecule has 0 fully saturated rings. The highest BCUT2D eigenvalue weighted by atomic mass is 32.1. The first-order valence-corrected chi connectivity index (χ1v) is 16.9. The zero-order valence-corrected chi connectivity index (χ0v) is 30.2. The van der Waals surface area contributed by atoms with E-state index in [0.29, 0.717) is 23.4 Å². The average molecular weight is 699 g/mol. The first-order chi connectivity index (χ1) is 23.6. The fourth-order valence-corrected chi connectivity index (χ4v) is 5.29. The Morgan fingerprint density at radius 2 is 1.48 bits per heavy atom. The Balaban J connectivity index is 1.22. The second-order valence-corrected chi connectivity index (χ2v) is 14.4. The van der Waals surface area contributed by atoms with Crippen LogP contribution in [0.1, 0.15) is 75.9 Å². The van der Waals surface area contributed by atoms with Gasteiger partial charge in [0, 0.05) is 53.4 Å². The van der Waals surface area contributed by atoms with E-state index in [2.05, 4.69) is 52.3 Å². The number of carbonyl (C=O) groups excluding carboxylic acids is 4. The molecule has 4 aromatic rings. The maximum Gasteiger partial charge on any atom is 0.408 e.